The van der Waals surface area contributed by atoms with Gasteiger partial charge in [-0.05, 0) is 19.1 Å². The minimum atomic E-state index is 0.0500. The number of pyridine rings is 1. The van der Waals surface area contributed by atoms with Crippen LogP contribution in [0.2, 0.25) is 0 Å². The molecule has 0 fully saturated rings. The summed E-state index contributed by atoms with van der Waals surface area (Å²) in [5.41, 5.74) is 0.633. The van der Waals surface area contributed by atoms with E-state index >= 15 is 0 Å². The van der Waals surface area contributed by atoms with E-state index < -0.39 is 0 Å². The maximum atomic E-state index is 11.9. The number of imidazole rings is 1. The summed E-state index contributed by atoms with van der Waals surface area (Å²) in [5, 5.41) is 0. The van der Waals surface area contributed by atoms with Gasteiger partial charge >= 0.3 is 0 Å². The summed E-state index contributed by atoms with van der Waals surface area (Å²) in [5.74, 6) is 0.852. The lowest BCUT2D eigenvalue weighted by Gasteiger charge is -2.03. The third-order valence-corrected chi connectivity index (χ3v) is 2.44. The van der Waals surface area contributed by atoms with Crippen molar-refractivity contribution >= 4 is 5.78 Å². The molecule has 0 atom stereocenters. The fourth-order valence-corrected chi connectivity index (χ4v) is 1.57. The van der Waals surface area contributed by atoms with E-state index in [4.69, 9.17) is 0 Å². The fourth-order valence-electron chi connectivity index (χ4n) is 1.57. The summed E-state index contributed by atoms with van der Waals surface area (Å²) < 4.78 is 1.97. The monoisotopic (exact) mass is 215 g/mol. The number of hydrogen-bond donors (Lipinski definition) is 0. The van der Waals surface area contributed by atoms with Crippen LogP contribution < -0.4 is 0 Å². The summed E-state index contributed by atoms with van der Waals surface area (Å²) in [6.07, 6.45) is 7.17. The SMILES string of the molecule is CCn1ccnc1CC(=O)c1cccnc1. The molecule has 0 N–H and O–H groups in total. The van der Waals surface area contributed by atoms with E-state index in [-0.39, 0.29) is 5.78 Å². The first-order valence-electron chi connectivity index (χ1n) is 5.24. The lowest BCUT2D eigenvalue weighted by atomic mass is 10.1. The molecule has 4 nitrogen and oxygen atoms in total. The second kappa shape index (κ2) is 4.70. The normalized spacial score (nSPS) is 10.3. The lowest BCUT2D eigenvalue weighted by Crippen LogP contribution is -2.09. The zero-order chi connectivity index (χ0) is 11.4. The average Bonchev–Trinajstić information content (AvgIpc) is 2.77. The molecule has 0 aliphatic heterocycles. The maximum absolute atomic E-state index is 11.9. The Hall–Kier alpha value is -1.97. The number of ketones is 1. The molecule has 0 saturated heterocycles. The number of nitrogens with zero attached hydrogens (tertiary/aromatic N) is 3. The molecule has 2 rings (SSSR count). The quantitative estimate of drug-likeness (QED) is 0.730. The molecule has 0 aliphatic carbocycles. The van der Waals surface area contributed by atoms with Crippen molar-refractivity contribution < 1.29 is 4.79 Å². The first kappa shape index (κ1) is 10.5. The van der Waals surface area contributed by atoms with Crippen LogP contribution in [0.15, 0.2) is 36.9 Å². The average molecular weight is 215 g/mol. The number of hydrogen-bond acceptors (Lipinski definition) is 3. The van der Waals surface area contributed by atoms with Gasteiger partial charge in [0.05, 0.1) is 6.42 Å². The predicted molar refractivity (Wildman–Crippen MR) is 60.2 cm³/mol. The zero-order valence-electron chi connectivity index (χ0n) is 9.13. The van der Waals surface area contributed by atoms with E-state index in [2.05, 4.69) is 9.97 Å². The van der Waals surface area contributed by atoms with Crippen LogP contribution in [0.5, 0.6) is 0 Å². The molecule has 0 aromatic carbocycles. The Kier molecular flexibility index (Phi) is 3.10. The molecular weight excluding hydrogens is 202 g/mol. The number of Topliss-reactive ketones (excluding diaryl/α,β-unsaturated/α-hetero) is 1. The summed E-state index contributed by atoms with van der Waals surface area (Å²) in [7, 11) is 0. The number of aromatic nitrogens is 3. The van der Waals surface area contributed by atoms with Crippen LogP contribution in [0.25, 0.3) is 0 Å². The Bertz CT molecular complexity index is 476. The summed E-state index contributed by atoms with van der Waals surface area (Å²) >= 11 is 0. The third kappa shape index (κ3) is 2.16. The van der Waals surface area contributed by atoms with Gasteiger partial charge in [0.25, 0.3) is 0 Å². The lowest BCUT2D eigenvalue weighted by molar-refractivity contribution is 0.0989. The largest absolute Gasteiger partial charge is 0.335 e. The van der Waals surface area contributed by atoms with Crippen LogP contribution in [-0.4, -0.2) is 20.3 Å². The van der Waals surface area contributed by atoms with Crippen LogP contribution in [0, 0.1) is 0 Å². The van der Waals surface area contributed by atoms with E-state index in [1.165, 1.54) is 0 Å². The summed E-state index contributed by atoms with van der Waals surface area (Å²) in [6, 6.07) is 3.54. The van der Waals surface area contributed by atoms with Crippen LogP contribution >= 0.6 is 0 Å². The molecular formula is C12H13N3O. The first-order chi connectivity index (χ1) is 7.81. The van der Waals surface area contributed by atoms with Gasteiger partial charge in [-0.25, -0.2) is 4.98 Å². The molecule has 2 aromatic heterocycles. The van der Waals surface area contributed by atoms with E-state index in [9.17, 15) is 4.79 Å². The molecule has 82 valence electrons. The summed E-state index contributed by atoms with van der Waals surface area (Å²) in [4.78, 5) is 20.0. The van der Waals surface area contributed by atoms with Crippen molar-refractivity contribution in [2.24, 2.45) is 0 Å². The number of rotatable bonds is 4. The highest BCUT2D eigenvalue weighted by molar-refractivity contribution is 5.96. The van der Waals surface area contributed by atoms with Gasteiger partial charge in [-0.3, -0.25) is 9.78 Å². The first-order valence-corrected chi connectivity index (χ1v) is 5.24. The van der Waals surface area contributed by atoms with Crippen molar-refractivity contribution in [2.75, 3.05) is 0 Å². The van der Waals surface area contributed by atoms with Crippen molar-refractivity contribution in [3.05, 3.63) is 48.3 Å². The highest BCUT2D eigenvalue weighted by Gasteiger charge is 2.10. The molecule has 0 saturated carbocycles. The second-order valence-electron chi connectivity index (χ2n) is 3.47. The van der Waals surface area contributed by atoms with E-state index in [1.54, 1.807) is 30.7 Å². The second-order valence-corrected chi connectivity index (χ2v) is 3.47. The van der Waals surface area contributed by atoms with Crippen molar-refractivity contribution in [1.82, 2.24) is 14.5 Å². The Morgan fingerprint density at radius 1 is 1.44 bits per heavy atom. The van der Waals surface area contributed by atoms with Gasteiger partial charge in [0, 0.05) is 36.9 Å². The highest BCUT2D eigenvalue weighted by atomic mass is 16.1. The number of carbonyl (C=O) groups excluding carboxylic acids is 1. The minimum Gasteiger partial charge on any atom is -0.335 e. The van der Waals surface area contributed by atoms with Crippen LogP contribution in [0.1, 0.15) is 23.1 Å². The van der Waals surface area contributed by atoms with E-state index in [1.807, 2.05) is 17.7 Å². The van der Waals surface area contributed by atoms with Crippen molar-refractivity contribution in [2.45, 2.75) is 19.9 Å². The van der Waals surface area contributed by atoms with E-state index in [0.717, 1.165) is 12.4 Å². The Labute approximate surface area is 94.0 Å². The molecule has 2 aromatic rings. The Morgan fingerprint density at radius 2 is 2.31 bits per heavy atom. The van der Waals surface area contributed by atoms with Gasteiger partial charge in [-0.2, -0.15) is 0 Å². The van der Waals surface area contributed by atoms with Gasteiger partial charge in [0.2, 0.25) is 0 Å². The smallest absolute Gasteiger partial charge is 0.171 e. The Morgan fingerprint density at radius 3 is 3.00 bits per heavy atom. The van der Waals surface area contributed by atoms with Gasteiger partial charge in [0.1, 0.15) is 5.82 Å². The molecule has 16 heavy (non-hydrogen) atoms. The van der Waals surface area contributed by atoms with Crippen molar-refractivity contribution in [3.8, 4) is 0 Å². The summed E-state index contributed by atoms with van der Waals surface area (Å²) in [6.45, 7) is 2.86. The molecule has 4 heteroatoms. The molecule has 0 spiro atoms. The Balaban J connectivity index is 2.14. The van der Waals surface area contributed by atoms with Crippen molar-refractivity contribution in [3.63, 3.8) is 0 Å². The fraction of sp³-hybridized carbons (Fsp3) is 0.250. The van der Waals surface area contributed by atoms with Crippen LogP contribution in [0.3, 0.4) is 0 Å². The molecule has 2 heterocycles. The van der Waals surface area contributed by atoms with Crippen LogP contribution in [-0.2, 0) is 13.0 Å². The third-order valence-electron chi connectivity index (χ3n) is 2.44. The predicted octanol–water partition coefficient (Wildman–Crippen LogP) is 1.72. The molecule has 0 unspecified atom stereocenters. The minimum absolute atomic E-state index is 0.0500. The van der Waals surface area contributed by atoms with Crippen LogP contribution in [0.4, 0.5) is 0 Å². The molecule has 0 bridgehead atoms. The van der Waals surface area contributed by atoms with Gasteiger partial charge < -0.3 is 4.57 Å². The standard InChI is InChI=1S/C12H13N3O/c1-2-15-7-6-14-12(15)8-11(16)10-4-3-5-13-9-10/h3-7,9H,2,8H2,1H3. The van der Waals surface area contributed by atoms with E-state index in [0.29, 0.717) is 12.0 Å². The van der Waals surface area contributed by atoms with Gasteiger partial charge in [-0.1, -0.05) is 0 Å². The number of aryl methyl sites for hydroxylation is 1. The zero-order valence-corrected chi connectivity index (χ0v) is 9.13. The van der Waals surface area contributed by atoms with Gasteiger partial charge in [0.15, 0.2) is 5.78 Å². The topological polar surface area (TPSA) is 47.8 Å². The molecule has 0 radical (unpaired) electrons. The maximum Gasteiger partial charge on any atom is 0.171 e. The molecule has 0 amide bonds. The molecule has 0 aliphatic rings. The van der Waals surface area contributed by atoms with Crippen molar-refractivity contribution in [1.29, 1.82) is 0 Å². The van der Waals surface area contributed by atoms with Gasteiger partial charge in [-0.15, -0.1) is 0 Å². The number of carbonyl (C=O) groups is 1. The highest BCUT2D eigenvalue weighted by Crippen LogP contribution is 2.05.